The van der Waals surface area contributed by atoms with Crippen molar-refractivity contribution in [3.63, 3.8) is 0 Å². The van der Waals surface area contributed by atoms with Gasteiger partial charge in [0.15, 0.2) is 5.82 Å². The SMILES string of the molecule is Cl.Cl.O=C(O)c1ccc(Nc2ncnc3c2c(F)cn3C2CCN(c3ncc(Cl)cn3)CC2)c(F)c1. The second-order valence-electron chi connectivity index (χ2n) is 7.85. The van der Waals surface area contributed by atoms with E-state index in [-0.39, 0.29) is 53.3 Å². The first kappa shape index (κ1) is 27.3. The lowest BCUT2D eigenvalue weighted by Gasteiger charge is -2.32. The van der Waals surface area contributed by atoms with Crippen LogP contribution in [0.4, 0.5) is 26.2 Å². The molecule has 3 aromatic heterocycles. The monoisotopic (exact) mass is 557 g/mol. The van der Waals surface area contributed by atoms with Crippen LogP contribution in [0.3, 0.4) is 0 Å². The summed E-state index contributed by atoms with van der Waals surface area (Å²) in [5.41, 5.74) is 0.177. The van der Waals surface area contributed by atoms with Gasteiger partial charge in [-0.1, -0.05) is 11.6 Å². The molecular weight excluding hydrogens is 539 g/mol. The molecule has 1 aliphatic rings. The van der Waals surface area contributed by atoms with E-state index in [1.165, 1.54) is 24.7 Å². The number of piperidine rings is 1. The second kappa shape index (κ2) is 11.2. The summed E-state index contributed by atoms with van der Waals surface area (Å²) in [6.07, 6.45) is 7.19. The summed E-state index contributed by atoms with van der Waals surface area (Å²) < 4.78 is 31.2. The van der Waals surface area contributed by atoms with Gasteiger partial charge >= 0.3 is 5.97 Å². The van der Waals surface area contributed by atoms with Crippen LogP contribution >= 0.6 is 36.4 Å². The van der Waals surface area contributed by atoms with Crippen LogP contribution in [0, 0.1) is 11.6 Å². The highest BCUT2D eigenvalue weighted by molar-refractivity contribution is 6.30. The molecule has 0 amide bonds. The van der Waals surface area contributed by atoms with Crippen LogP contribution in [0.25, 0.3) is 11.0 Å². The van der Waals surface area contributed by atoms with Crippen LogP contribution in [0.1, 0.15) is 29.2 Å². The number of aromatic nitrogens is 5. The van der Waals surface area contributed by atoms with Crippen molar-refractivity contribution in [2.45, 2.75) is 18.9 Å². The molecule has 0 atom stereocenters. The van der Waals surface area contributed by atoms with Gasteiger partial charge < -0.3 is 19.9 Å². The predicted octanol–water partition coefficient (Wildman–Crippen LogP) is 5.28. The highest BCUT2D eigenvalue weighted by atomic mass is 35.5. The fourth-order valence-electron chi connectivity index (χ4n) is 4.10. The van der Waals surface area contributed by atoms with Crippen LogP contribution < -0.4 is 10.2 Å². The quantitative estimate of drug-likeness (QED) is 0.341. The number of carbonyl (C=O) groups is 1. The number of nitrogens with one attached hydrogen (secondary N) is 1. The van der Waals surface area contributed by atoms with Crippen molar-refractivity contribution in [2.24, 2.45) is 0 Å². The Morgan fingerprint density at radius 1 is 1.06 bits per heavy atom. The minimum Gasteiger partial charge on any atom is -0.478 e. The standard InChI is InChI=1S/C22H18ClF2N7O2.2ClH/c23-13-8-26-22(27-9-13)31-5-3-14(4-6-31)32-10-16(25)18-19(28-11-29-20(18)32)30-17-2-1-12(21(33)34)7-15(17)24;;/h1-2,7-11,14H,3-6H2,(H,33,34)(H,28,29,30);2*1H. The highest BCUT2D eigenvalue weighted by Gasteiger charge is 2.26. The van der Waals surface area contributed by atoms with E-state index in [4.69, 9.17) is 16.7 Å². The van der Waals surface area contributed by atoms with Crippen molar-refractivity contribution < 1.29 is 18.7 Å². The molecule has 190 valence electrons. The molecular formula is C22H20Cl3F2N7O2. The average Bonchev–Trinajstić information content (AvgIpc) is 3.18. The maximum atomic E-state index is 15.0. The molecule has 36 heavy (non-hydrogen) atoms. The smallest absolute Gasteiger partial charge is 0.335 e. The summed E-state index contributed by atoms with van der Waals surface area (Å²) in [6, 6.07) is 3.41. The number of hydrogen-bond donors (Lipinski definition) is 2. The normalized spacial score (nSPS) is 13.7. The van der Waals surface area contributed by atoms with Gasteiger partial charge in [-0.2, -0.15) is 0 Å². The Bertz CT molecular complexity index is 1380. The largest absolute Gasteiger partial charge is 0.478 e. The molecule has 9 nitrogen and oxygen atoms in total. The van der Waals surface area contributed by atoms with Crippen molar-refractivity contribution in [3.8, 4) is 0 Å². The molecule has 0 spiro atoms. The third kappa shape index (κ3) is 5.28. The van der Waals surface area contributed by atoms with Crippen molar-refractivity contribution in [1.82, 2.24) is 24.5 Å². The lowest BCUT2D eigenvalue weighted by molar-refractivity contribution is 0.0696. The fraction of sp³-hybridized carbons (Fsp3) is 0.227. The number of nitrogens with zero attached hydrogens (tertiary/aromatic N) is 6. The van der Waals surface area contributed by atoms with Gasteiger partial charge in [0, 0.05) is 25.3 Å². The van der Waals surface area contributed by atoms with Crippen LogP contribution in [0.2, 0.25) is 5.02 Å². The topological polar surface area (TPSA) is 109 Å². The fourth-order valence-corrected chi connectivity index (χ4v) is 4.20. The first-order chi connectivity index (χ1) is 16.4. The number of benzene rings is 1. The number of anilines is 3. The maximum Gasteiger partial charge on any atom is 0.335 e. The van der Waals surface area contributed by atoms with Gasteiger partial charge in [-0.3, -0.25) is 0 Å². The summed E-state index contributed by atoms with van der Waals surface area (Å²) in [7, 11) is 0. The molecule has 2 N–H and O–H groups in total. The summed E-state index contributed by atoms with van der Waals surface area (Å²) >= 11 is 5.86. The Hall–Kier alpha value is -3.28. The Kier molecular flexibility index (Phi) is 8.49. The zero-order valence-electron chi connectivity index (χ0n) is 18.4. The summed E-state index contributed by atoms with van der Waals surface area (Å²) in [4.78, 5) is 29.9. The third-order valence-corrected chi connectivity index (χ3v) is 5.97. The Balaban J connectivity index is 0.00000180. The molecule has 14 heteroatoms. The predicted molar refractivity (Wildman–Crippen MR) is 136 cm³/mol. The average molecular weight is 559 g/mol. The summed E-state index contributed by atoms with van der Waals surface area (Å²) in [5.74, 6) is -1.88. The Morgan fingerprint density at radius 3 is 2.39 bits per heavy atom. The molecule has 5 rings (SSSR count). The number of rotatable bonds is 5. The number of carboxylic acids is 1. The summed E-state index contributed by atoms with van der Waals surface area (Å²) in [6.45, 7) is 1.34. The lowest BCUT2D eigenvalue weighted by Crippen LogP contribution is -2.35. The number of fused-ring (bicyclic) bond motifs is 1. The molecule has 1 aromatic carbocycles. The van der Waals surface area contributed by atoms with E-state index < -0.39 is 17.6 Å². The van der Waals surface area contributed by atoms with E-state index in [2.05, 4.69) is 25.3 Å². The van der Waals surface area contributed by atoms with Gasteiger partial charge in [-0.05, 0) is 31.0 Å². The van der Waals surface area contributed by atoms with Gasteiger partial charge in [0.25, 0.3) is 0 Å². The van der Waals surface area contributed by atoms with Crippen molar-refractivity contribution in [1.29, 1.82) is 0 Å². The third-order valence-electron chi connectivity index (χ3n) is 5.78. The molecule has 0 bridgehead atoms. The van der Waals surface area contributed by atoms with Gasteiger partial charge in [-0.25, -0.2) is 33.5 Å². The molecule has 4 heterocycles. The molecule has 0 aliphatic carbocycles. The van der Waals surface area contributed by atoms with E-state index in [9.17, 15) is 9.18 Å². The first-order valence-corrected chi connectivity index (χ1v) is 10.8. The van der Waals surface area contributed by atoms with Crippen LogP contribution in [-0.4, -0.2) is 48.7 Å². The minimum atomic E-state index is -1.24. The van der Waals surface area contributed by atoms with Crippen LogP contribution in [0.5, 0.6) is 0 Å². The Labute approximate surface area is 221 Å². The van der Waals surface area contributed by atoms with Crippen molar-refractivity contribution >= 4 is 70.9 Å². The van der Waals surface area contributed by atoms with Gasteiger partial charge in [0.05, 0.1) is 34.1 Å². The maximum absolute atomic E-state index is 15.0. The molecule has 0 saturated carbocycles. The highest BCUT2D eigenvalue weighted by Crippen LogP contribution is 2.33. The van der Waals surface area contributed by atoms with E-state index in [0.717, 1.165) is 6.07 Å². The molecule has 4 aromatic rings. The number of hydrogen-bond acceptors (Lipinski definition) is 7. The summed E-state index contributed by atoms with van der Waals surface area (Å²) in [5, 5.41) is 12.4. The minimum absolute atomic E-state index is 0. The van der Waals surface area contributed by atoms with Gasteiger partial charge in [0.1, 0.15) is 23.6 Å². The molecule has 0 radical (unpaired) electrons. The van der Waals surface area contributed by atoms with Crippen LogP contribution in [0.15, 0.2) is 43.1 Å². The zero-order chi connectivity index (χ0) is 23.8. The van der Waals surface area contributed by atoms with E-state index in [1.807, 2.05) is 4.90 Å². The number of aromatic carboxylic acids is 1. The van der Waals surface area contributed by atoms with E-state index in [0.29, 0.717) is 42.5 Å². The van der Waals surface area contributed by atoms with Gasteiger partial charge in [-0.15, -0.1) is 24.8 Å². The lowest BCUT2D eigenvalue weighted by atomic mass is 10.1. The molecule has 1 saturated heterocycles. The van der Waals surface area contributed by atoms with Crippen molar-refractivity contribution in [2.75, 3.05) is 23.3 Å². The second-order valence-corrected chi connectivity index (χ2v) is 8.29. The number of carboxylic acid groups (broad SMARTS) is 1. The first-order valence-electron chi connectivity index (χ1n) is 10.4. The van der Waals surface area contributed by atoms with E-state index in [1.54, 1.807) is 17.0 Å². The number of halogens is 5. The molecule has 1 fully saturated rings. The Morgan fingerprint density at radius 2 is 1.75 bits per heavy atom. The van der Waals surface area contributed by atoms with Gasteiger partial charge in [0.2, 0.25) is 5.95 Å². The molecule has 1 aliphatic heterocycles. The van der Waals surface area contributed by atoms with Crippen LogP contribution in [-0.2, 0) is 0 Å². The molecule has 0 unspecified atom stereocenters. The van der Waals surface area contributed by atoms with Crippen molar-refractivity contribution in [3.05, 3.63) is 65.3 Å². The van der Waals surface area contributed by atoms with E-state index >= 15 is 4.39 Å². The zero-order valence-corrected chi connectivity index (χ0v) is 20.8.